The van der Waals surface area contributed by atoms with Crippen LogP contribution in [0.25, 0.3) is 0 Å². The van der Waals surface area contributed by atoms with Crippen LogP contribution in [0, 0.1) is 0 Å². The lowest BCUT2D eigenvalue weighted by molar-refractivity contribution is 0.317. The van der Waals surface area contributed by atoms with Gasteiger partial charge in [0.15, 0.2) is 0 Å². The van der Waals surface area contributed by atoms with Gasteiger partial charge in [-0.15, -0.1) is 0 Å². The van der Waals surface area contributed by atoms with Crippen LogP contribution >= 0.6 is 27.4 Å². The SMILES string of the molecule is O=P(O)(O)C1(P(=O)(O)O)C=NC(CC=S)CC1. The molecule has 0 saturated carbocycles. The van der Waals surface area contributed by atoms with Crippen molar-refractivity contribution in [2.75, 3.05) is 0 Å². The average Bonchev–Trinajstić information content (AvgIpc) is 2.15. The van der Waals surface area contributed by atoms with Crippen LogP contribution in [-0.2, 0) is 9.13 Å². The zero-order valence-corrected chi connectivity index (χ0v) is 11.3. The van der Waals surface area contributed by atoms with E-state index in [1.54, 1.807) is 0 Å². The number of hydrogen-bond donors (Lipinski definition) is 4. The molecule has 0 amide bonds. The highest BCUT2D eigenvalue weighted by atomic mass is 32.1. The van der Waals surface area contributed by atoms with Crippen molar-refractivity contribution in [3.63, 3.8) is 0 Å². The predicted octanol–water partition coefficient (Wildman–Crippen LogP) is 0.661. The van der Waals surface area contributed by atoms with E-state index in [-0.39, 0.29) is 18.9 Å². The van der Waals surface area contributed by atoms with Crippen molar-refractivity contribution in [1.82, 2.24) is 0 Å². The van der Waals surface area contributed by atoms with Crippen LogP contribution in [-0.4, -0.2) is 42.1 Å². The van der Waals surface area contributed by atoms with Crippen molar-refractivity contribution in [1.29, 1.82) is 0 Å². The second-order valence-electron chi connectivity index (χ2n) is 3.84. The minimum absolute atomic E-state index is 0.180. The van der Waals surface area contributed by atoms with Gasteiger partial charge in [-0.05, 0) is 24.6 Å². The molecule has 98 valence electrons. The molecular weight excluding hydrogens is 288 g/mol. The summed E-state index contributed by atoms with van der Waals surface area (Å²) in [6.45, 7) is 0. The van der Waals surface area contributed by atoms with E-state index in [1.165, 1.54) is 5.37 Å². The summed E-state index contributed by atoms with van der Waals surface area (Å²) in [6, 6.07) is -0.265. The molecular formula is C7H13NO6P2S. The monoisotopic (exact) mass is 301 g/mol. The standard InChI is InChI=1S/C7H13NO6P2S/c9-15(10,11)7(16(12,13)14)3-1-6(2-4-17)8-5-7/h4-6H,1-3H2,(H2,9,10,11)(H2,12,13,14). The van der Waals surface area contributed by atoms with E-state index in [1.807, 2.05) is 0 Å². The zero-order valence-electron chi connectivity index (χ0n) is 8.71. The van der Waals surface area contributed by atoms with E-state index in [9.17, 15) is 9.13 Å². The highest BCUT2D eigenvalue weighted by Crippen LogP contribution is 2.70. The van der Waals surface area contributed by atoms with E-state index in [0.29, 0.717) is 6.42 Å². The molecule has 1 aliphatic rings. The Balaban J connectivity index is 3.15. The van der Waals surface area contributed by atoms with E-state index in [0.717, 1.165) is 6.21 Å². The van der Waals surface area contributed by atoms with Crippen LogP contribution < -0.4 is 0 Å². The van der Waals surface area contributed by atoms with Crippen LogP contribution in [0.5, 0.6) is 0 Å². The molecule has 0 fully saturated rings. The molecule has 10 heteroatoms. The molecule has 0 aromatic rings. The lowest BCUT2D eigenvalue weighted by Crippen LogP contribution is -2.35. The quantitative estimate of drug-likeness (QED) is 0.443. The van der Waals surface area contributed by atoms with Crippen molar-refractivity contribution in [2.24, 2.45) is 4.99 Å². The maximum atomic E-state index is 11.3. The molecule has 1 unspecified atom stereocenters. The number of hydrogen-bond acceptors (Lipinski definition) is 4. The third kappa shape index (κ3) is 2.90. The highest BCUT2D eigenvalue weighted by Gasteiger charge is 2.60. The summed E-state index contributed by atoms with van der Waals surface area (Å²) in [7, 11) is -9.98. The minimum atomic E-state index is -4.99. The molecule has 1 aliphatic heterocycles. The van der Waals surface area contributed by atoms with Crippen molar-refractivity contribution >= 4 is 39.0 Å². The summed E-state index contributed by atoms with van der Waals surface area (Å²) in [4.78, 5) is 37.9. The first kappa shape index (κ1) is 15.1. The largest absolute Gasteiger partial charge is 0.349 e. The molecule has 0 bridgehead atoms. The number of rotatable bonds is 4. The predicted molar refractivity (Wildman–Crippen MR) is 66.6 cm³/mol. The van der Waals surface area contributed by atoms with Crippen LogP contribution in [0.1, 0.15) is 19.3 Å². The summed E-state index contributed by atoms with van der Waals surface area (Å²) in [5.41, 5.74) is 0. The average molecular weight is 301 g/mol. The normalized spacial score (nSPS) is 24.6. The molecule has 0 spiro atoms. The van der Waals surface area contributed by atoms with Crippen molar-refractivity contribution < 1.29 is 28.7 Å². The Morgan fingerprint density at radius 2 is 1.88 bits per heavy atom. The van der Waals surface area contributed by atoms with Gasteiger partial charge in [-0.25, -0.2) is 0 Å². The smallest absolute Gasteiger partial charge is 0.323 e. The van der Waals surface area contributed by atoms with E-state index >= 15 is 0 Å². The zero-order chi connectivity index (χ0) is 13.3. The van der Waals surface area contributed by atoms with Crippen LogP contribution in [0.2, 0.25) is 0 Å². The van der Waals surface area contributed by atoms with Crippen LogP contribution in [0.15, 0.2) is 4.99 Å². The molecule has 0 aliphatic carbocycles. The Kier molecular flexibility index (Phi) is 4.42. The van der Waals surface area contributed by atoms with E-state index < -0.39 is 20.1 Å². The van der Waals surface area contributed by atoms with Crippen LogP contribution in [0.3, 0.4) is 0 Å². The van der Waals surface area contributed by atoms with Crippen molar-refractivity contribution in [2.45, 2.75) is 30.2 Å². The van der Waals surface area contributed by atoms with Gasteiger partial charge in [0.1, 0.15) is 0 Å². The van der Waals surface area contributed by atoms with Gasteiger partial charge in [0, 0.05) is 6.21 Å². The first-order chi connectivity index (χ1) is 7.64. The third-order valence-electron chi connectivity index (χ3n) is 2.71. The molecule has 0 aromatic carbocycles. The molecule has 0 radical (unpaired) electrons. The summed E-state index contributed by atoms with van der Waals surface area (Å²) < 4.78 is 22.6. The van der Waals surface area contributed by atoms with E-state index in [4.69, 9.17) is 19.6 Å². The molecule has 17 heavy (non-hydrogen) atoms. The molecule has 0 saturated heterocycles. The summed E-state index contributed by atoms with van der Waals surface area (Å²) in [6.07, 6.45) is 1.03. The fourth-order valence-corrected chi connectivity index (χ4v) is 4.50. The maximum Gasteiger partial charge on any atom is 0.349 e. The second kappa shape index (κ2) is 4.97. The van der Waals surface area contributed by atoms with E-state index in [2.05, 4.69) is 17.2 Å². The third-order valence-corrected chi connectivity index (χ3v) is 7.17. The number of thiocarbonyl (C=S) groups is 1. The summed E-state index contributed by atoms with van der Waals surface area (Å²) >= 11 is 4.63. The van der Waals surface area contributed by atoms with Gasteiger partial charge in [-0.2, -0.15) is 0 Å². The molecule has 1 atom stereocenters. The molecule has 0 aromatic heterocycles. The lowest BCUT2D eigenvalue weighted by Gasteiger charge is -2.34. The molecule has 7 nitrogen and oxygen atoms in total. The Morgan fingerprint density at radius 3 is 2.18 bits per heavy atom. The topological polar surface area (TPSA) is 127 Å². The van der Waals surface area contributed by atoms with Crippen LogP contribution in [0.4, 0.5) is 0 Å². The van der Waals surface area contributed by atoms with Gasteiger partial charge in [0.2, 0.25) is 4.90 Å². The number of nitrogens with zero attached hydrogens (tertiary/aromatic N) is 1. The Hall–Kier alpha value is 0.0600. The Morgan fingerprint density at radius 1 is 1.35 bits per heavy atom. The molecule has 1 heterocycles. The van der Waals surface area contributed by atoms with Gasteiger partial charge in [-0.1, -0.05) is 12.2 Å². The van der Waals surface area contributed by atoms with Gasteiger partial charge in [0.25, 0.3) is 0 Å². The van der Waals surface area contributed by atoms with Gasteiger partial charge >= 0.3 is 15.2 Å². The van der Waals surface area contributed by atoms with Gasteiger partial charge in [0.05, 0.1) is 6.04 Å². The van der Waals surface area contributed by atoms with Crippen molar-refractivity contribution in [3.8, 4) is 0 Å². The first-order valence-corrected chi connectivity index (χ1v) is 8.43. The maximum absolute atomic E-state index is 11.3. The molecule has 1 rings (SSSR count). The first-order valence-electron chi connectivity index (χ1n) is 4.73. The second-order valence-corrected chi connectivity index (χ2v) is 8.30. The summed E-state index contributed by atoms with van der Waals surface area (Å²) in [5.74, 6) is 0. The van der Waals surface area contributed by atoms with Gasteiger partial charge in [-0.3, -0.25) is 14.1 Å². The molecule has 4 N–H and O–H groups in total. The fourth-order valence-electron chi connectivity index (χ4n) is 1.64. The van der Waals surface area contributed by atoms with Gasteiger partial charge < -0.3 is 19.6 Å². The Labute approximate surface area is 103 Å². The summed E-state index contributed by atoms with van der Waals surface area (Å²) in [5, 5.41) is 1.43. The fraction of sp³-hybridized carbons (Fsp3) is 0.714. The van der Waals surface area contributed by atoms with Crippen molar-refractivity contribution in [3.05, 3.63) is 0 Å². The lowest BCUT2D eigenvalue weighted by atomic mass is 10.0. The Bertz CT molecular complexity index is 404. The highest BCUT2D eigenvalue weighted by molar-refractivity contribution is 7.79. The minimum Gasteiger partial charge on any atom is -0.323 e. The number of aliphatic imine (C=N–C) groups is 1.